The van der Waals surface area contributed by atoms with E-state index in [1.807, 2.05) is 24.6 Å². The van der Waals surface area contributed by atoms with Crippen molar-refractivity contribution < 1.29 is 13.2 Å². The second-order valence-corrected chi connectivity index (χ2v) is 8.04. The Kier molecular flexibility index (Phi) is 4.60. The number of aromatic nitrogens is 3. The van der Waals surface area contributed by atoms with Gasteiger partial charge in [-0.25, -0.2) is 8.42 Å². The molecule has 1 fully saturated rings. The van der Waals surface area contributed by atoms with Crippen LogP contribution >= 0.6 is 0 Å². The SMILES string of the molecule is COc1ccc(C)cc1S(=O)(=O)N1CCC(c2nncn2C)CC1. The summed E-state index contributed by atoms with van der Waals surface area (Å²) in [4.78, 5) is 0.238. The molecular weight excluding hydrogens is 328 g/mol. The number of aryl methyl sites for hydroxylation is 2. The number of hydrogen-bond acceptors (Lipinski definition) is 5. The van der Waals surface area contributed by atoms with Gasteiger partial charge in [-0.3, -0.25) is 0 Å². The van der Waals surface area contributed by atoms with Crippen molar-refractivity contribution >= 4 is 10.0 Å². The minimum Gasteiger partial charge on any atom is -0.495 e. The lowest BCUT2D eigenvalue weighted by molar-refractivity contribution is 0.309. The molecule has 8 heteroatoms. The van der Waals surface area contributed by atoms with Gasteiger partial charge < -0.3 is 9.30 Å². The maximum Gasteiger partial charge on any atom is 0.246 e. The number of benzene rings is 1. The molecule has 130 valence electrons. The quantitative estimate of drug-likeness (QED) is 0.839. The molecule has 1 aromatic carbocycles. The number of piperidine rings is 1. The van der Waals surface area contributed by atoms with Crippen LogP contribution in [0.15, 0.2) is 29.4 Å². The molecule has 0 radical (unpaired) electrons. The van der Waals surface area contributed by atoms with Crippen LogP contribution in [0.3, 0.4) is 0 Å². The Morgan fingerprint density at radius 3 is 2.54 bits per heavy atom. The first-order valence-corrected chi connectivity index (χ1v) is 9.36. The van der Waals surface area contributed by atoms with Crippen molar-refractivity contribution in [3.8, 4) is 5.75 Å². The Morgan fingerprint density at radius 1 is 1.25 bits per heavy atom. The maximum absolute atomic E-state index is 13.0. The zero-order valence-corrected chi connectivity index (χ0v) is 15.0. The highest BCUT2D eigenvalue weighted by atomic mass is 32.2. The second kappa shape index (κ2) is 6.52. The number of sulfonamides is 1. The van der Waals surface area contributed by atoms with Gasteiger partial charge in [-0.2, -0.15) is 4.31 Å². The largest absolute Gasteiger partial charge is 0.495 e. The highest BCUT2D eigenvalue weighted by Gasteiger charge is 2.33. The number of ether oxygens (including phenoxy) is 1. The lowest BCUT2D eigenvalue weighted by atomic mass is 9.97. The number of methoxy groups -OCH3 is 1. The summed E-state index contributed by atoms with van der Waals surface area (Å²) in [5, 5.41) is 8.06. The Bertz CT molecular complexity index is 824. The van der Waals surface area contributed by atoms with Crippen LogP contribution in [-0.2, 0) is 17.1 Å². The average molecular weight is 350 g/mol. The molecule has 24 heavy (non-hydrogen) atoms. The molecule has 0 unspecified atom stereocenters. The van der Waals surface area contributed by atoms with Crippen molar-refractivity contribution in [2.45, 2.75) is 30.6 Å². The predicted octanol–water partition coefficient (Wildman–Crippen LogP) is 1.70. The lowest BCUT2D eigenvalue weighted by Crippen LogP contribution is -2.38. The first-order chi connectivity index (χ1) is 11.4. The van der Waals surface area contributed by atoms with Gasteiger partial charge in [-0.1, -0.05) is 6.07 Å². The highest BCUT2D eigenvalue weighted by molar-refractivity contribution is 7.89. The summed E-state index contributed by atoms with van der Waals surface area (Å²) in [7, 11) is -0.161. The van der Waals surface area contributed by atoms with E-state index in [2.05, 4.69) is 10.2 Å². The van der Waals surface area contributed by atoms with E-state index in [9.17, 15) is 8.42 Å². The number of hydrogen-bond donors (Lipinski definition) is 0. The minimum atomic E-state index is -3.56. The van der Waals surface area contributed by atoms with Gasteiger partial charge in [0.25, 0.3) is 0 Å². The van der Waals surface area contributed by atoms with Crippen LogP contribution in [0.2, 0.25) is 0 Å². The molecule has 0 atom stereocenters. The smallest absolute Gasteiger partial charge is 0.246 e. The third kappa shape index (κ3) is 3.03. The van der Waals surface area contributed by atoms with E-state index < -0.39 is 10.0 Å². The van der Waals surface area contributed by atoms with Gasteiger partial charge in [-0.05, 0) is 37.5 Å². The number of nitrogens with zero attached hydrogens (tertiary/aromatic N) is 4. The standard InChI is InChI=1S/C16H22N4O3S/c1-12-4-5-14(23-3)15(10-12)24(21,22)20-8-6-13(7-9-20)16-18-17-11-19(16)2/h4-5,10-11,13H,6-9H2,1-3H3. The summed E-state index contributed by atoms with van der Waals surface area (Å²) in [6, 6.07) is 5.22. The first kappa shape index (κ1) is 16.9. The van der Waals surface area contributed by atoms with Crippen molar-refractivity contribution in [2.75, 3.05) is 20.2 Å². The van der Waals surface area contributed by atoms with E-state index in [1.165, 1.54) is 11.4 Å². The van der Waals surface area contributed by atoms with E-state index in [0.29, 0.717) is 18.8 Å². The van der Waals surface area contributed by atoms with E-state index >= 15 is 0 Å². The van der Waals surface area contributed by atoms with E-state index in [1.54, 1.807) is 18.5 Å². The molecule has 3 rings (SSSR count). The molecule has 0 saturated carbocycles. The topological polar surface area (TPSA) is 77.3 Å². The number of rotatable bonds is 4. The summed E-state index contributed by atoms with van der Waals surface area (Å²) >= 11 is 0. The Morgan fingerprint density at radius 2 is 1.96 bits per heavy atom. The van der Waals surface area contributed by atoms with Crippen LogP contribution < -0.4 is 4.74 Å². The molecule has 0 aliphatic carbocycles. The molecule has 1 saturated heterocycles. The molecule has 1 aliphatic rings. The van der Waals surface area contributed by atoms with Crippen molar-refractivity contribution in [1.82, 2.24) is 19.1 Å². The maximum atomic E-state index is 13.0. The van der Waals surface area contributed by atoms with Crippen molar-refractivity contribution in [1.29, 1.82) is 0 Å². The molecule has 7 nitrogen and oxygen atoms in total. The van der Waals surface area contributed by atoms with Gasteiger partial charge in [0.15, 0.2) is 0 Å². The first-order valence-electron chi connectivity index (χ1n) is 7.92. The summed E-state index contributed by atoms with van der Waals surface area (Å²) in [6.07, 6.45) is 3.15. The van der Waals surface area contributed by atoms with Crippen LogP contribution in [0.25, 0.3) is 0 Å². The summed E-state index contributed by atoms with van der Waals surface area (Å²) in [5.41, 5.74) is 0.892. The van der Waals surface area contributed by atoms with Crippen molar-refractivity contribution in [2.24, 2.45) is 7.05 Å². The summed E-state index contributed by atoms with van der Waals surface area (Å²) in [6.45, 7) is 2.81. The molecule has 1 aliphatic heterocycles. The monoisotopic (exact) mass is 350 g/mol. The fourth-order valence-electron chi connectivity index (χ4n) is 3.14. The molecule has 1 aromatic heterocycles. The van der Waals surface area contributed by atoms with Gasteiger partial charge in [0.1, 0.15) is 22.8 Å². The molecule has 2 heterocycles. The van der Waals surface area contributed by atoms with E-state index in [-0.39, 0.29) is 10.8 Å². The Balaban J connectivity index is 1.81. The van der Waals surface area contributed by atoms with Gasteiger partial charge in [0.2, 0.25) is 10.0 Å². The van der Waals surface area contributed by atoms with E-state index in [4.69, 9.17) is 4.74 Å². The zero-order chi connectivity index (χ0) is 17.3. The van der Waals surface area contributed by atoms with E-state index in [0.717, 1.165) is 24.2 Å². The summed E-state index contributed by atoms with van der Waals surface area (Å²) < 4.78 is 34.7. The third-order valence-electron chi connectivity index (χ3n) is 4.50. The van der Waals surface area contributed by atoms with Gasteiger partial charge >= 0.3 is 0 Å². The Labute approximate surface area is 142 Å². The molecule has 0 spiro atoms. The van der Waals surface area contributed by atoms with Crippen LogP contribution in [0.1, 0.15) is 30.1 Å². The van der Waals surface area contributed by atoms with Gasteiger partial charge in [-0.15, -0.1) is 10.2 Å². The molecule has 0 N–H and O–H groups in total. The average Bonchev–Trinajstić information content (AvgIpc) is 3.01. The molecule has 2 aromatic rings. The Hall–Kier alpha value is -1.93. The fourth-order valence-corrected chi connectivity index (χ4v) is 4.85. The van der Waals surface area contributed by atoms with Crippen LogP contribution in [0.5, 0.6) is 5.75 Å². The third-order valence-corrected chi connectivity index (χ3v) is 6.42. The predicted molar refractivity (Wildman–Crippen MR) is 89.5 cm³/mol. The normalized spacial score (nSPS) is 17.1. The zero-order valence-electron chi connectivity index (χ0n) is 14.1. The molecule has 0 amide bonds. The van der Waals surface area contributed by atoms with Crippen molar-refractivity contribution in [3.63, 3.8) is 0 Å². The second-order valence-electron chi connectivity index (χ2n) is 6.13. The fraction of sp³-hybridized carbons (Fsp3) is 0.500. The van der Waals surface area contributed by atoms with Gasteiger partial charge in [0, 0.05) is 26.1 Å². The molecule has 0 bridgehead atoms. The van der Waals surface area contributed by atoms with Crippen LogP contribution in [0.4, 0.5) is 0 Å². The van der Waals surface area contributed by atoms with Crippen LogP contribution in [-0.4, -0.2) is 47.7 Å². The van der Waals surface area contributed by atoms with Crippen LogP contribution in [0, 0.1) is 6.92 Å². The summed E-state index contributed by atoms with van der Waals surface area (Å²) in [5.74, 6) is 1.54. The minimum absolute atomic E-state index is 0.238. The lowest BCUT2D eigenvalue weighted by Gasteiger charge is -2.31. The molecular formula is C16H22N4O3S. The van der Waals surface area contributed by atoms with Gasteiger partial charge in [0.05, 0.1) is 7.11 Å². The van der Waals surface area contributed by atoms with Crippen molar-refractivity contribution in [3.05, 3.63) is 35.9 Å². The highest BCUT2D eigenvalue weighted by Crippen LogP contribution is 2.32.